The van der Waals surface area contributed by atoms with Crippen LogP contribution < -0.4 is 10.3 Å². The van der Waals surface area contributed by atoms with Crippen molar-refractivity contribution < 1.29 is 4.74 Å². The monoisotopic (exact) mass is 313 g/mol. The van der Waals surface area contributed by atoms with E-state index >= 15 is 0 Å². The van der Waals surface area contributed by atoms with Crippen LogP contribution in [0.15, 0.2) is 40.9 Å². The van der Waals surface area contributed by atoms with Crippen molar-refractivity contribution in [2.45, 2.75) is 13.3 Å². The van der Waals surface area contributed by atoms with E-state index in [9.17, 15) is 4.79 Å². The van der Waals surface area contributed by atoms with Crippen molar-refractivity contribution in [3.63, 3.8) is 0 Å². The third-order valence-electron chi connectivity index (χ3n) is 3.02. The van der Waals surface area contributed by atoms with Gasteiger partial charge in [0.25, 0.3) is 0 Å². The van der Waals surface area contributed by atoms with Crippen molar-refractivity contribution in [1.29, 1.82) is 0 Å². The lowest BCUT2D eigenvalue weighted by Gasteiger charge is -2.07. The number of fused-ring (bicyclic) bond motifs is 1. The van der Waals surface area contributed by atoms with Gasteiger partial charge in [0.2, 0.25) is 5.75 Å². The zero-order valence-electron chi connectivity index (χ0n) is 12.1. The number of hydrogen-bond acceptors (Lipinski definition) is 5. The summed E-state index contributed by atoms with van der Waals surface area (Å²) in [5.74, 6) is 0.290. The molecule has 3 rings (SSSR count). The van der Waals surface area contributed by atoms with Crippen molar-refractivity contribution in [3.8, 4) is 5.75 Å². The SMILES string of the molecule is CCCOc1c(C=Cc2cccnc2)nc2sccn2c1=O. The molecule has 3 aromatic heterocycles. The summed E-state index contributed by atoms with van der Waals surface area (Å²) in [5.41, 5.74) is 1.31. The van der Waals surface area contributed by atoms with Crippen LogP contribution in [0.25, 0.3) is 17.1 Å². The molecule has 0 aromatic carbocycles. The van der Waals surface area contributed by atoms with Gasteiger partial charge in [-0.15, -0.1) is 11.3 Å². The van der Waals surface area contributed by atoms with Gasteiger partial charge >= 0.3 is 5.56 Å². The highest BCUT2D eigenvalue weighted by molar-refractivity contribution is 7.15. The first-order valence-corrected chi connectivity index (χ1v) is 7.88. The van der Waals surface area contributed by atoms with Crippen molar-refractivity contribution in [1.82, 2.24) is 14.4 Å². The molecule has 0 radical (unpaired) electrons. The zero-order chi connectivity index (χ0) is 15.4. The molecule has 3 aromatic rings. The van der Waals surface area contributed by atoms with E-state index in [4.69, 9.17) is 4.74 Å². The predicted octanol–water partition coefficient (Wildman–Crippen LogP) is 3.11. The quantitative estimate of drug-likeness (QED) is 0.726. The topological polar surface area (TPSA) is 56.5 Å². The maximum absolute atomic E-state index is 12.5. The second-order valence-corrected chi connectivity index (χ2v) is 5.53. The van der Waals surface area contributed by atoms with Gasteiger partial charge in [0.15, 0.2) is 4.96 Å². The molecule has 0 unspecified atom stereocenters. The summed E-state index contributed by atoms with van der Waals surface area (Å²) in [5, 5.41) is 1.84. The Morgan fingerprint density at radius 1 is 1.41 bits per heavy atom. The molecule has 22 heavy (non-hydrogen) atoms. The number of pyridine rings is 1. The Bertz CT molecular complexity index is 853. The highest BCUT2D eigenvalue weighted by Crippen LogP contribution is 2.18. The number of thiazole rings is 1. The van der Waals surface area contributed by atoms with Gasteiger partial charge in [0, 0.05) is 24.0 Å². The lowest BCUT2D eigenvalue weighted by molar-refractivity contribution is 0.310. The molecule has 0 aliphatic carbocycles. The standard InChI is InChI=1S/C16H15N3O2S/c1-2-9-21-14-13(6-5-12-4-3-7-17-11-12)18-16-19(15(14)20)8-10-22-16/h3-8,10-11H,2,9H2,1H3. The summed E-state index contributed by atoms with van der Waals surface area (Å²) in [6.07, 6.45) is 9.68. The maximum atomic E-state index is 12.5. The van der Waals surface area contributed by atoms with E-state index in [-0.39, 0.29) is 11.3 Å². The van der Waals surface area contributed by atoms with Gasteiger partial charge in [-0.2, -0.15) is 0 Å². The molecular formula is C16H15N3O2S. The van der Waals surface area contributed by atoms with Crippen molar-refractivity contribution >= 4 is 28.4 Å². The first kappa shape index (κ1) is 14.5. The molecule has 0 N–H and O–H groups in total. The van der Waals surface area contributed by atoms with Crippen LogP contribution in [-0.4, -0.2) is 21.0 Å². The van der Waals surface area contributed by atoms with Crippen LogP contribution in [-0.2, 0) is 0 Å². The molecule has 0 bridgehead atoms. The van der Waals surface area contributed by atoms with Gasteiger partial charge in [-0.05, 0) is 24.1 Å². The van der Waals surface area contributed by atoms with Crippen molar-refractivity contribution in [2.75, 3.05) is 6.61 Å². The van der Waals surface area contributed by atoms with Crippen LogP contribution in [0.3, 0.4) is 0 Å². The molecule has 0 amide bonds. The number of hydrogen-bond donors (Lipinski definition) is 0. The van der Waals surface area contributed by atoms with E-state index in [1.54, 1.807) is 24.7 Å². The fourth-order valence-electron chi connectivity index (χ4n) is 1.98. The Morgan fingerprint density at radius 2 is 2.32 bits per heavy atom. The van der Waals surface area contributed by atoms with Gasteiger partial charge in [-0.3, -0.25) is 14.2 Å². The fraction of sp³-hybridized carbons (Fsp3) is 0.188. The Hall–Kier alpha value is -2.47. The van der Waals surface area contributed by atoms with Crippen molar-refractivity contribution in [2.24, 2.45) is 0 Å². The molecule has 112 valence electrons. The summed E-state index contributed by atoms with van der Waals surface area (Å²) in [6.45, 7) is 2.49. The van der Waals surface area contributed by atoms with E-state index in [1.165, 1.54) is 15.7 Å². The molecule has 0 spiro atoms. The molecule has 5 nitrogen and oxygen atoms in total. The third-order valence-corrected chi connectivity index (χ3v) is 3.78. The van der Waals surface area contributed by atoms with Gasteiger partial charge in [0.1, 0.15) is 5.69 Å². The summed E-state index contributed by atoms with van der Waals surface area (Å²) < 4.78 is 7.14. The summed E-state index contributed by atoms with van der Waals surface area (Å²) in [7, 11) is 0. The van der Waals surface area contributed by atoms with Crippen LogP contribution in [0.1, 0.15) is 24.6 Å². The second kappa shape index (κ2) is 6.53. The molecule has 0 aliphatic rings. The first-order valence-electron chi connectivity index (χ1n) is 7.00. The Kier molecular flexibility index (Phi) is 4.29. The van der Waals surface area contributed by atoms with Gasteiger partial charge in [0.05, 0.1) is 6.61 Å². The highest BCUT2D eigenvalue weighted by Gasteiger charge is 2.12. The van der Waals surface area contributed by atoms with Gasteiger partial charge in [-0.1, -0.05) is 19.1 Å². The fourth-order valence-corrected chi connectivity index (χ4v) is 2.70. The van der Waals surface area contributed by atoms with Crippen LogP contribution in [0.2, 0.25) is 0 Å². The van der Waals surface area contributed by atoms with Crippen LogP contribution >= 0.6 is 11.3 Å². The molecule has 0 atom stereocenters. The normalized spacial score (nSPS) is 11.3. The number of aromatic nitrogens is 3. The molecule has 3 heterocycles. The van der Waals surface area contributed by atoms with E-state index in [1.807, 2.05) is 30.5 Å². The molecule has 0 saturated carbocycles. The van der Waals surface area contributed by atoms with Crippen LogP contribution in [0.4, 0.5) is 0 Å². The predicted molar refractivity (Wildman–Crippen MR) is 88.3 cm³/mol. The minimum atomic E-state index is -0.175. The lowest BCUT2D eigenvalue weighted by atomic mass is 10.2. The molecule has 0 aliphatic heterocycles. The van der Waals surface area contributed by atoms with Crippen molar-refractivity contribution in [3.05, 3.63) is 57.7 Å². The van der Waals surface area contributed by atoms with E-state index in [2.05, 4.69) is 9.97 Å². The summed E-state index contributed by atoms with van der Waals surface area (Å²) in [4.78, 5) is 21.7. The average Bonchev–Trinajstić information content (AvgIpc) is 3.02. The minimum Gasteiger partial charge on any atom is -0.486 e. The van der Waals surface area contributed by atoms with E-state index in [0.717, 1.165) is 12.0 Å². The zero-order valence-corrected chi connectivity index (χ0v) is 12.9. The second-order valence-electron chi connectivity index (χ2n) is 4.66. The summed E-state index contributed by atoms with van der Waals surface area (Å²) >= 11 is 1.42. The Labute approximate surface area is 131 Å². The van der Waals surface area contributed by atoms with Crippen LogP contribution in [0.5, 0.6) is 5.75 Å². The van der Waals surface area contributed by atoms with Gasteiger partial charge < -0.3 is 4.74 Å². The smallest absolute Gasteiger partial charge is 0.301 e. The van der Waals surface area contributed by atoms with Gasteiger partial charge in [-0.25, -0.2) is 4.98 Å². The van der Waals surface area contributed by atoms with E-state index in [0.29, 0.717) is 17.3 Å². The minimum absolute atomic E-state index is 0.175. The lowest BCUT2D eigenvalue weighted by Crippen LogP contribution is -2.18. The number of rotatable bonds is 5. The molecule has 0 fully saturated rings. The maximum Gasteiger partial charge on any atom is 0.301 e. The Morgan fingerprint density at radius 3 is 3.09 bits per heavy atom. The number of ether oxygens (including phenoxy) is 1. The number of nitrogens with zero attached hydrogens (tertiary/aromatic N) is 3. The van der Waals surface area contributed by atoms with E-state index < -0.39 is 0 Å². The average molecular weight is 313 g/mol. The highest BCUT2D eigenvalue weighted by atomic mass is 32.1. The Balaban J connectivity index is 2.06. The molecular weight excluding hydrogens is 298 g/mol. The first-order chi connectivity index (χ1) is 10.8. The largest absolute Gasteiger partial charge is 0.486 e. The third kappa shape index (κ3) is 2.92. The van der Waals surface area contributed by atoms with Crippen LogP contribution in [0, 0.1) is 0 Å². The molecule has 0 saturated heterocycles. The summed E-state index contributed by atoms with van der Waals surface area (Å²) in [6, 6.07) is 3.80. The molecule has 6 heteroatoms.